The zero-order valence-electron chi connectivity index (χ0n) is 19.6. The molecule has 2 bridgehead atoms. The van der Waals surface area contributed by atoms with Gasteiger partial charge in [-0.25, -0.2) is 4.52 Å². The molecule has 3 fully saturated rings. The van der Waals surface area contributed by atoms with E-state index in [0.29, 0.717) is 40.1 Å². The van der Waals surface area contributed by atoms with Gasteiger partial charge in [0, 0.05) is 50.5 Å². The topological polar surface area (TPSA) is 108 Å². The van der Waals surface area contributed by atoms with Gasteiger partial charge in [-0.3, -0.25) is 24.5 Å². The first-order valence-electron chi connectivity index (χ1n) is 12.4. The first-order chi connectivity index (χ1) is 17.6. The van der Waals surface area contributed by atoms with Gasteiger partial charge in [0.1, 0.15) is 21.3 Å². The summed E-state index contributed by atoms with van der Waals surface area (Å²) in [5, 5.41) is 8.20. The number of rotatable bonds is 5. The van der Waals surface area contributed by atoms with Crippen LogP contribution in [0.25, 0.3) is 37.2 Å². The number of carbonyl (C=O) groups is 1. The number of aromatic amines is 1. The lowest BCUT2D eigenvalue weighted by atomic mass is 9.80. The SMILES string of the molecule is O=C(NCCN1CC2CCC1CC2)c1cnc2c(c1)[nH]c(=O)c1c2nn2cc(-c3ccncc3)sc12. The Bertz CT molecular complexity index is 1660. The van der Waals surface area contributed by atoms with Crippen molar-refractivity contribution in [3.63, 3.8) is 0 Å². The summed E-state index contributed by atoms with van der Waals surface area (Å²) < 4.78 is 1.73. The number of nitrogens with one attached hydrogen (secondary N) is 2. The molecule has 1 saturated carbocycles. The summed E-state index contributed by atoms with van der Waals surface area (Å²) >= 11 is 1.50. The molecule has 0 radical (unpaired) electrons. The Morgan fingerprint density at radius 3 is 2.78 bits per heavy atom. The van der Waals surface area contributed by atoms with Crippen molar-refractivity contribution in [2.45, 2.75) is 31.7 Å². The average Bonchev–Trinajstić information content (AvgIpc) is 3.48. The Morgan fingerprint density at radius 1 is 1.17 bits per heavy atom. The van der Waals surface area contributed by atoms with E-state index in [1.807, 2.05) is 18.3 Å². The molecule has 3 aliphatic rings. The van der Waals surface area contributed by atoms with Gasteiger partial charge in [-0.05, 0) is 55.4 Å². The minimum atomic E-state index is -0.241. The summed E-state index contributed by atoms with van der Waals surface area (Å²) in [6, 6.07) is 6.22. The molecule has 36 heavy (non-hydrogen) atoms. The number of H-pyrrole nitrogens is 1. The molecule has 0 atom stereocenters. The highest BCUT2D eigenvalue weighted by atomic mass is 32.1. The van der Waals surface area contributed by atoms with Gasteiger partial charge in [0.15, 0.2) is 0 Å². The van der Waals surface area contributed by atoms with E-state index in [1.165, 1.54) is 37.0 Å². The first kappa shape index (κ1) is 21.6. The summed E-state index contributed by atoms with van der Waals surface area (Å²) in [6.45, 7) is 2.63. The molecule has 0 unspecified atom stereocenters. The number of aromatic nitrogens is 5. The molecule has 0 spiro atoms. The second kappa shape index (κ2) is 8.49. The van der Waals surface area contributed by atoms with E-state index in [4.69, 9.17) is 0 Å². The maximum atomic E-state index is 13.1. The van der Waals surface area contributed by atoms with Crippen LogP contribution in [0.3, 0.4) is 0 Å². The van der Waals surface area contributed by atoms with Gasteiger partial charge < -0.3 is 10.3 Å². The third-order valence-electron chi connectivity index (χ3n) is 7.64. The normalized spacial score (nSPS) is 20.0. The second-order valence-corrected chi connectivity index (χ2v) is 10.8. The number of carbonyl (C=O) groups excluding carboxylic acids is 1. The Kier molecular flexibility index (Phi) is 5.10. The molecule has 2 saturated heterocycles. The summed E-state index contributed by atoms with van der Waals surface area (Å²) in [5.41, 5.74) is 2.83. The third kappa shape index (κ3) is 3.59. The molecule has 10 heteroatoms. The molecule has 2 N–H and O–H groups in total. The van der Waals surface area contributed by atoms with E-state index in [2.05, 4.69) is 30.3 Å². The van der Waals surface area contributed by atoms with Crippen LogP contribution in [-0.2, 0) is 0 Å². The molecule has 8 rings (SSSR count). The number of nitrogens with zero attached hydrogens (tertiary/aromatic N) is 5. The fourth-order valence-electron chi connectivity index (χ4n) is 5.79. The molecule has 5 aromatic heterocycles. The monoisotopic (exact) mass is 499 g/mol. The molecule has 1 aliphatic carbocycles. The highest BCUT2D eigenvalue weighted by Crippen LogP contribution is 2.35. The molecule has 182 valence electrons. The quantitative estimate of drug-likeness (QED) is 0.384. The van der Waals surface area contributed by atoms with Crippen LogP contribution in [0.15, 0.2) is 47.8 Å². The summed E-state index contributed by atoms with van der Waals surface area (Å²) in [5.74, 6) is 0.643. The lowest BCUT2D eigenvalue weighted by Crippen LogP contribution is -2.50. The van der Waals surface area contributed by atoms with Gasteiger partial charge in [0.25, 0.3) is 11.5 Å². The molecule has 0 aromatic carbocycles. The number of pyridine rings is 3. The van der Waals surface area contributed by atoms with Crippen LogP contribution in [-0.4, -0.2) is 61.0 Å². The van der Waals surface area contributed by atoms with Crippen LogP contribution in [0.4, 0.5) is 0 Å². The molecule has 1 amide bonds. The zero-order valence-corrected chi connectivity index (χ0v) is 20.4. The maximum absolute atomic E-state index is 13.1. The number of fused-ring (bicyclic) bond motifs is 8. The Labute approximate surface area is 210 Å². The van der Waals surface area contributed by atoms with Crippen LogP contribution < -0.4 is 10.9 Å². The van der Waals surface area contributed by atoms with E-state index in [1.54, 1.807) is 29.2 Å². The van der Waals surface area contributed by atoms with Crippen LogP contribution in [0.2, 0.25) is 0 Å². The number of thiazole rings is 1. The van der Waals surface area contributed by atoms with E-state index in [0.717, 1.165) is 34.3 Å². The summed E-state index contributed by atoms with van der Waals surface area (Å²) in [4.78, 5) is 41.7. The average molecular weight is 500 g/mol. The van der Waals surface area contributed by atoms with Crippen molar-refractivity contribution in [1.82, 2.24) is 34.8 Å². The first-order valence-corrected chi connectivity index (χ1v) is 13.2. The summed E-state index contributed by atoms with van der Waals surface area (Å²) in [7, 11) is 0. The van der Waals surface area contributed by atoms with Gasteiger partial charge in [-0.1, -0.05) is 0 Å². The third-order valence-corrected chi connectivity index (χ3v) is 8.78. The van der Waals surface area contributed by atoms with Gasteiger partial charge in [-0.2, -0.15) is 5.10 Å². The zero-order chi connectivity index (χ0) is 24.2. The predicted molar refractivity (Wildman–Crippen MR) is 139 cm³/mol. The molecule has 9 nitrogen and oxygen atoms in total. The predicted octanol–water partition coefficient (Wildman–Crippen LogP) is 3.45. The van der Waals surface area contributed by atoms with Crippen molar-refractivity contribution in [1.29, 1.82) is 0 Å². The highest BCUT2D eigenvalue weighted by molar-refractivity contribution is 7.21. The standard InChI is InChI=1S/C26H25N7O2S/c34-24(28-9-10-32-13-15-1-3-18(32)4-2-15)17-11-19-22(29-12-17)23-21(25(35)30-19)26-33(31-23)14-20(36-26)16-5-7-27-8-6-16/h5-8,11-12,14-15,18H,1-4,9-10,13H2,(H,28,34)(H,30,35). The van der Waals surface area contributed by atoms with Crippen LogP contribution in [0.5, 0.6) is 0 Å². The molecule has 2 aliphatic heterocycles. The van der Waals surface area contributed by atoms with Crippen LogP contribution >= 0.6 is 11.3 Å². The smallest absolute Gasteiger partial charge is 0.261 e. The van der Waals surface area contributed by atoms with Gasteiger partial charge in [0.2, 0.25) is 0 Å². The Balaban J connectivity index is 1.14. The second-order valence-electron chi connectivity index (χ2n) is 9.80. The van der Waals surface area contributed by atoms with E-state index < -0.39 is 0 Å². The van der Waals surface area contributed by atoms with Crippen molar-refractivity contribution in [2.75, 3.05) is 19.6 Å². The summed E-state index contributed by atoms with van der Waals surface area (Å²) in [6.07, 6.45) is 12.2. The fraction of sp³-hybridized carbons (Fsp3) is 0.346. The lowest BCUT2D eigenvalue weighted by molar-refractivity contribution is 0.0494. The Morgan fingerprint density at radius 2 is 2.00 bits per heavy atom. The van der Waals surface area contributed by atoms with Crippen LogP contribution in [0.1, 0.15) is 36.0 Å². The Hall–Kier alpha value is -3.63. The van der Waals surface area contributed by atoms with Crippen molar-refractivity contribution >= 4 is 44.0 Å². The van der Waals surface area contributed by atoms with Crippen LogP contribution in [0, 0.1) is 5.92 Å². The lowest BCUT2D eigenvalue weighted by Gasteiger charge is -2.45. The molecular formula is C26H25N7O2S. The number of hydrogen-bond acceptors (Lipinski definition) is 7. The number of amides is 1. The van der Waals surface area contributed by atoms with Gasteiger partial charge in [-0.15, -0.1) is 11.3 Å². The maximum Gasteiger partial charge on any atom is 0.261 e. The minimum Gasteiger partial charge on any atom is -0.351 e. The van der Waals surface area contributed by atoms with Crippen molar-refractivity contribution in [2.24, 2.45) is 5.92 Å². The minimum absolute atomic E-state index is 0.180. The highest BCUT2D eigenvalue weighted by Gasteiger charge is 2.33. The van der Waals surface area contributed by atoms with Gasteiger partial charge >= 0.3 is 0 Å². The number of piperidine rings is 2. The fourth-order valence-corrected chi connectivity index (χ4v) is 6.88. The van der Waals surface area contributed by atoms with Gasteiger partial charge in [0.05, 0.1) is 16.0 Å². The number of hydrogen-bond donors (Lipinski definition) is 2. The van der Waals surface area contributed by atoms with E-state index in [-0.39, 0.29) is 11.5 Å². The van der Waals surface area contributed by atoms with E-state index in [9.17, 15) is 9.59 Å². The van der Waals surface area contributed by atoms with Crippen molar-refractivity contribution in [3.05, 3.63) is 58.9 Å². The van der Waals surface area contributed by atoms with E-state index >= 15 is 0 Å². The molecule has 7 heterocycles. The van der Waals surface area contributed by atoms with Crippen molar-refractivity contribution in [3.8, 4) is 10.4 Å². The largest absolute Gasteiger partial charge is 0.351 e. The molecular weight excluding hydrogens is 474 g/mol. The molecule has 5 aromatic rings. The van der Waals surface area contributed by atoms with Crippen molar-refractivity contribution < 1.29 is 4.79 Å².